The van der Waals surface area contributed by atoms with Crippen LogP contribution in [-0.2, 0) is 4.74 Å². The zero-order chi connectivity index (χ0) is 11.4. The Morgan fingerprint density at radius 3 is 3.00 bits per heavy atom. The van der Waals surface area contributed by atoms with Gasteiger partial charge < -0.3 is 10.1 Å². The van der Waals surface area contributed by atoms with Crippen LogP contribution in [0.25, 0.3) is 0 Å². The van der Waals surface area contributed by atoms with Gasteiger partial charge in [0, 0.05) is 12.6 Å². The number of aromatic nitrogens is 1. The van der Waals surface area contributed by atoms with Crippen LogP contribution in [0.2, 0.25) is 5.02 Å². The molecule has 1 atom stereocenters. The quantitative estimate of drug-likeness (QED) is 0.876. The van der Waals surface area contributed by atoms with Crippen molar-refractivity contribution in [3.8, 4) is 0 Å². The van der Waals surface area contributed by atoms with Crippen LogP contribution in [0.1, 0.15) is 25.1 Å². The Balaban J connectivity index is 2.21. The average molecular weight is 239 g/mol. The molecule has 0 fully saturated rings. The highest BCUT2D eigenvalue weighted by Gasteiger charge is 2.20. The van der Waals surface area contributed by atoms with Gasteiger partial charge in [-0.3, -0.25) is 4.98 Å². The van der Waals surface area contributed by atoms with Crippen molar-refractivity contribution in [3.05, 3.63) is 40.9 Å². The molecule has 1 aliphatic rings. The second-order valence-electron chi connectivity index (χ2n) is 3.64. The fraction of sp³-hybridized carbons (Fsp3) is 0.417. The molecule has 2 rings (SSSR count). The Hall–Kier alpha value is -1.06. The normalized spacial score (nSPS) is 16.8. The third-order valence-electron chi connectivity index (χ3n) is 2.47. The molecular weight excluding hydrogens is 224 g/mol. The molecule has 1 aromatic rings. The topological polar surface area (TPSA) is 34.1 Å². The van der Waals surface area contributed by atoms with E-state index in [1.165, 1.54) is 0 Å². The molecule has 0 spiro atoms. The third kappa shape index (κ3) is 2.54. The average Bonchev–Trinajstić information content (AvgIpc) is 2.81. The monoisotopic (exact) mass is 238 g/mol. The smallest absolute Gasteiger partial charge is 0.115 e. The Kier molecular flexibility index (Phi) is 3.80. The zero-order valence-electron chi connectivity index (χ0n) is 9.24. The predicted octanol–water partition coefficient (Wildman–Crippen LogP) is 2.69. The van der Waals surface area contributed by atoms with Gasteiger partial charge in [0.25, 0.3) is 0 Å². The van der Waals surface area contributed by atoms with Crippen molar-refractivity contribution >= 4 is 11.6 Å². The van der Waals surface area contributed by atoms with Gasteiger partial charge in [-0.2, -0.15) is 0 Å². The van der Waals surface area contributed by atoms with Gasteiger partial charge in [-0.1, -0.05) is 18.5 Å². The summed E-state index contributed by atoms with van der Waals surface area (Å²) in [4.78, 5) is 4.33. The lowest BCUT2D eigenvalue weighted by molar-refractivity contribution is 0.215. The number of rotatable bonds is 4. The van der Waals surface area contributed by atoms with Crippen LogP contribution in [0, 0.1) is 0 Å². The molecule has 1 aromatic heterocycles. The highest BCUT2D eigenvalue weighted by atomic mass is 35.5. The molecule has 0 saturated carbocycles. The summed E-state index contributed by atoms with van der Waals surface area (Å²) in [7, 11) is 0. The van der Waals surface area contributed by atoms with E-state index in [4.69, 9.17) is 16.3 Å². The minimum Gasteiger partial charge on any atom is -0.496 e. The zero-order valence-corrected chi connectivity index (χ0v) is 10.00. The van der Waals surface area contributed by atoms with E-state index in [0.717, 1.165) is 31.0 Å². The Bertz CT molecular complexity index is 375. The Labute approximate surface area is 100 Å². The van der Waals surface area contributed by atoms with E-state index in [-0.39, 0.29) is 6.04 Å². The SMILES string of the molecule is CCNC(C1=CCCO1)c1ccc(Cl)cn1. The minimum atomic E-state index is 0.0461. The molecule has 1 N–H and O–H groups in total. The van der Waals surface area contributed by atoms with E-state index in [1.54, 1.807) is 6.20 Å². The number of likely N-dealkylation sites (N-methyl/N-ethyl adjacent to an activating group) is 1. The Morgan fingerprint density at radius 1 is 1.56 bits per heavy atom. The summed E-state index contributed by atoms with van der Waals surface area (Å²) < 4.78 is 5.58. The fourth-order valence-electron chi connectivity index (χ4n) is 1.75. The summed E-state index contributed by atoms with van der Waals surface area (Å²) in [6.07, 6.45) is 4.76. The number of pyridine rings is 1. The summed E-state index contributed by atoms with van der Waals surface area (Å²) in [6, 6.07) is 3.83. The van der Waals surface area contributed by atoms with Crippen molar-refractivity contribution in [2.24, 2.45) is 0 Å². The van der Waals surface area contributed by atoms with E-state index in [1.807, 2.05) is 12.1 Å². The van der Waals surface area contributed by atoms with Gasteiger partial charge >= 0.3 is 0 Å². The van der Waals surface area contributed by atoms with Crippen molar-refractivity contribution in [1.29, 1.82) is 0 Å². The number of nitrogens with one attached hydrogen (secondary N) is 1. The van der Waals surface area contributed by atoms with Gasteiger partial charge in [-0.25, -0.2) is 0 Å². The van der Waals surface area contributed by atoms with Crippen molar-refractivity contribution in [2.45, 2.75) is 19.4 Å². The molecule has 2 heterocycles. The number of hydrogen-bond donors (Lipinski definition) is 1. The molecule has 0 radical (unpaired) electrons. The summed E-state index contributed by atoms with van der Waals surface area (Å²) in [5.74, 6) is 0.969. The van der Waals surface area contributed by atoms with Crippen LogP contribution in [-0.4, -0.2) is 18.1 Å². The first-order valence-electron chi connectivity index (χ1n) is 5.49. The lowest BCUT2D eigenvalue weighted by Crippen LogP contribution is -2.24. The number of halogens is 1. The molecule has 0 saturated heterocycles. The van der Waals surface area contributed by atoms with E-state index in [0.29, 0.717) is 5.02 Å². The van der Waals surface area contributed by atoms with Crippen LogP contribution in [0.4, 0.5) is 0 Å². The molecule has 16 heavy (non-hydrogen) atoms. The predicted molar refractivity (Wildman–Crippen MR) is 64.3 cm³/mol. The standard InChI is InChI=1S/C12H15ClN2O/c1-2-14-12(11-4-3-7-16-11)10-6-5-9(13)8-15-10/h4-6,8,12,14H,2-3,7H2,1H3. The summed E-state index contributed by atoms with van der Waals surface area (Å²) in [6.45, 7) is 3.71. The van der Waals surface area contributed by atoms with Crippen LogP contribution < -0.4 is 5.32 Å². The highest BCUT2D eigenvalue weighted by Crippen LogP contribution is 2.25. The molecule has 0 aliphatic carbocycles. The van der Waals surface area contributed by atoms with Crippen LogP contribution in [0.5, 0.6) is 0 Å². The van der Waals surface area contributed by atoms with E-state index < -0.39 is 0 Å². The van der Waals surface area contributed by atoms with Crippen molar-refractivity contribution < 1.29 is 4.74 Å². The van der Waals surface area contributed by atoms with Gasteiger partial charge in [0.2, 0.25) is 0 Å². The summed E-state index contributed by atoms with van der Waals surface area (Å²) >= 11 is 5.82. The Morgan fingerprint density at radius 2 is 2.44 bits per heavy atom. The number of hydrogen-bond acceptors (Lipinski definition) is 3. The van der Waals surface area contributed by atoms with Crippen LogP contribution in [0.15, 0.2) is 30.2 Å². The first-order chi connectivity index (χ1) is 7.81. The molecule has 86 valence electrons. The minimum absolute atomic E-state index is 0.0461. The van der Waals surface area contributed by atoms with Gasteiger partial charge in [0.15, 0.2) is 0 Å². The molecule has 0 amide bonds. The van der Waals surface area contributed by atoms with Gasteiger partial charge in [-0.05, 0) is 24.8 Å². The summed E-state index contributed by atoms with van der Waals surface area (Å²) in [5, 5.41) is 4.01. The highest BCUT2D eigenvalue weighted by molar-refractivity contribution is 6.30. The van der Waals surface area contributed by atoms with Crippen molar-refractivity contribution in [3.63, 3.8) is 0 Å². The van der Waals surface area contributed by atoms with E-state index >= 15 is 0 Å². The molecule has 0 aromatic carbocycles. The molecule has 4 heteroatoms. The lowest BCUT2D eigenvalue weighted by atomic mass is 10.1. The van der Waals surface area contributed by atoms with Crippen LogP contribution >= 0.6 is 11.6 Å². The van der Waals surface area contributed by atoms with E-state index in [9.17, 15) is 0 Å². The van der Waals surface area contributed by atoms with E-state index in [2.05, 4.69) is 23.3 Å². The van der Waals surface area contributed by atoms with Gasteiger partial charge in [0.05, 0.1) is 17.3 Å². The molecular formula is C12H15ClN2O. The molecule has 0 bridgehead atoms. The number of nitrogens with zero attached hydrogens (tertiary/aromatic N) is 1. The maximum absolute atomic E-state index is 5.82. The maximum Gasteiger partial charge on any atom is 0.115 e. The lowest BCUT2D eigenvalue weighted by Gasteiger charge is -2.18. The summed E-state index contributed by atoms with van der Waals surface area (Å²) in [5.41, 5.74) is 0.944. The maximum atomic E-state index is 5.82. The largest absolute Gasteiger partial charge is 0.496 e. The first kappa shape index (κ1) is 11.4. The third-order valence-corrected chi connectivity index (χ3v) is 2.69. The van der Waals surface area contributed by atoms with Gasteiger partial charge in [-0.15, -0.1) is 0 Å². The van der Waals surface area contributed by atoms with Crippen molar-refractivity contribution in [1.82, 2.24) is 10.3 Å². The van der Waals surface area contributed by atoms with Gasteiger partial charge in [0.1, 0.15) is 11.8 Å². The molecule has 1 unspecified atom stereocenters. The second-order valence-corrected chi connectivity index (χ2v) is 4.07. The molecule has 3 nitrogen and oxygen atoms in total. The first-order valence-corrected chi connectivity index (χ1v) is 5.86. The fourth-order valence-corrected chi connectivity index (χ4v) is 1.86. The number of ether oxygens (including phenoxy) is 1. The second kappa shape index (κ2) is 5.32. The van der Waals surface area contributed by atoms with Crippen LogP contribution in [0.3, 0.4) is 0 Å². The van der Waals surface area contributed by atoms with Crippen molar-refractivity contribution in [2.75, 3.05) is 13.2 Å². The molecule has 1 aliphatic heterocycles.